The van der Waals surface area contributed by atoms with Gasteiger partial charge in [-0.25, -0.2) is 19.2 Å². The van der Waals surface area contributed by atoms with Gasteiger partial charge < -0.3 is 82.2 Å². The second kappa shape index (κ2) is 32.3. The zero-order chi connectivity index (χ0) is 57.0. The van der Waals surface area contributed by atoms with Gasteiger partial charge in [-0.15, -0.1) is 0 Å². The number of amides is 11. The third-order valence-corrected chi connectivity index (χ3v) is 8.95. The van der Waals surface area contributed by atoms with E-state index in [1.54, 1.807) is 90.0 Å². The molecule has 27 nitrogen and oxygen atoms in total. The van der Waals surface area contributed by atoms with Gasteiger partial charge in [0.2, 0.25) is 41.4 Å². The van der Waals surface area contributed by atoms with Crippen LogP contribution in [0.3, 0.4) is 0 Å². The summed E-state index contributed by atoms with van der Waals surface area (Å²) in [7, 11) is 0. The number of hydrogen-bond acceptors (Lipinski definition) is 16. The van der Waals surface area contributed by atoms with E-state index in [2.05, 4.69) is 58.5 Å². The zero-order valence-electron chi connectivity index (χ0n) is 45.5. The molecular formula is C47H83N11O16. The molecule has 74 heavy (non-hydrogen) atoms. The van der Waals surface area contributed by atoms with E-state index in [9.17, 15) is 57.5 Å². The normalized spacial score (nSPS) is 13.5. The van der Waals surface area contributed by atoms with Crippen molar-refractivity contribution in [3.05, 3.63) is 0 Å². The molecule has 0 spiro atoms. The van der Waals surface area contributed by atoms with E-state index in [0.717, 1.165) is 0 Å². The highest BCUT2D eigenvalue weighted by atomic mass is 16.6. The molecule has 0 heterocycles. The Balaban J connectivity index is 5.95. The lowest BCUT2D eigenvalue weighted by Crippen LogP contribution is -2.56. The van der Waals surface area contributed by atoms with Crippen LogP contribution in [0.15, 0.2) is 0 Å². The van der Waals surface area contributed by atoms with Crippen molar-refractivity contribution in [1.29, 1.82) is 0 Å². The van der Waals surface area contributed by atoms with Crippen molar-refractivity contribution in [3.8, 4) is 0 Å². The highest BCUT2D eigenvalue weighted by Crippen LogP contribution is 2.10. The van der Waals surface area contributed by atoms with Crippen LogP contribution in [-0.2, 0) is 57.3 Å². The van der Waals surface area contributed by atoms with E-state index in [4.69, 9.17) is 18.9 Å². The molecule has 0 aromatic heterocycles. The van der Waals surface area contributed by atoms with Crippen LogP contribution >= 0.6 is 0 Å². The Kier molecular flexibility index (Phi) is 29.2. The second-order valence-corrected chi connectivity index (χ2v) is 20.9. The van der Waals surface area contributed by atoms with E-state index in [0.29, 0.717) is 12.7 Å². The number of aldehydes is 1. The molecule has 0 fully saturated rings. The fourth-order valence-corrected chi connectivity index (χ4v) is 5.78. The number of carbonyl (C=O) groups is 12. The highest BCUT2D eigenvalue weighted by Gasteiger charge is 2.29. The van der Waals surface area contributed by atoms with E-state index in [1.807, 2.05) is 0 Å². The predicted molar refractivity (Wildman–Crippen MR) is 268 cm³/mol. The van der Waals surface area contributed by atoms with Crippen molar-refractivity contribution in [2.24, 2.45) is 0 Å². The molecular weight excluding hydrogens is 975 g/mol. The number of ether oxygens (including phenoxy) is 4. The maximum atomic E-state index is 13.5. The maximum absolute atomic E-state index is 13.5. The first-order valence-corrected chi connectivity index (χ1v) is 24.4. The van der Waals surface area contributed by atoms with Crippen LogP contribution in [0.2, 0.25) is 0 Å². The average Bonchev–Trinajstić information content (AvgIpc) is 3.23. The number of hydrogen-bond donors (Lipinski definition) is 11. The average molecular weight is 1060 g/mol. The number of alkyl carbamates (subject to hydrolysis) is 4. The first kappa shape index (κ1) is 67.0. The summed E-state index contributed by atoms with van der Waals surface area (Å²) in [6, 6.07) is -6.44. The topological polar surface area (TPSA) is 374 Å². The molecule has 0 radical (unpaired) electrons. The van der Waals surface area contributed by atoms with Gasteiger partial charge in [-0.3, -0.25) is 33.6 Å². The molecule has 0 bridgehead atoms. The quantitative estimate of drug-likeness (QED) is 0.0371. The Hall–Kier alpha value is -6.96. The fourth-order valence-electron chi connectivity index (χ4n) is 5.78. The zero-order valence-corrected chi connectivity index (χ0v) is 45.5. The highest BCUT2D eigenvalue weighted by molar-refractivity contribution is 5.95. The number of rotatable bonds is 28. The van der Waals surface area contributed by atoms with Gasteiger partial charge in [0.05, 0.1) is 19.1 Å². The van der Waals surface area contributed by atoms with Crippen LogP contribution in [-0.4, -0.2) is 164 Å². The van der Waals surface area contributed by atoms with Crippen molar-refractivity contribution in [2.45, 2.75) is 188 Å². The number of carbonyl (C=O) groups excluding carboxylic acids is 12. The Morgan fingerprint density at radius 2 is 0.730 bits per heavy atom. The van der Waals surface area contributed by atoms with Gasteiger partial charge in [0, 0.05) is 32.6 Å². The van der Waals surface area contributed by atoms with Crippen molar-refractivity contribution >= 4 is 72.0 Å². The SMILES string of the molecule is CCCC(=O)N[C@@H](CCNC(=O)OC(C)(C)C)C(=O)NCC(=O)N[C@@H](CCNC(=O)OC(C)(C)C)C(=O)NCC(=O)N[C@@H](C)C(=O)N[C@@H](CCNC(=O)OC(C)(C)C)C(=O)N[C@H](C=O)CCNC(=O)OC(C)(C)C. The molecule has 0 saturated carbocycles. The minimum absolute atomic E-state index is 0.0522. The Morgan fingerprint density at radius 3 is 1.07 bits per heavy atom. The summed E-state index contributed by atoms with van der Waals surface area (Å²) in [6.45, 7) is 20.9. The molecule has 422 valence electrons. The summed E-state index contributed by atoms with van der Waals surface area (Å²) in [4.78, 5) is 153. The summed E-state index contributed by atoms with van der Waals surface area (Å²) in [5.74, 6) is -5.65. The number of nitrogens with one attached hydrogen (secondary N) is 11. The summed E-state index contributed by atoms with van der Waals surface area (Å²) >= 11 is 0. The lowest BCUT2D eigenvalue weighted by Gasteiger charge is -2.24. The van der Waals surface area contributed by atoms with Gasteiger partial charge in [-0.1, -0.05) is 6.92 Å². The van der Waals surface area contributed by atoms with Crippen LogP contribution in [0.25, 0.3) is 0 Å². The van der Waals surface area contributed by atoms with Gasteiger partial charge in [-0.2, -0.15) is 0 Å². The van der Waals surface area contributed by atoms with Crippen LogP contribution in [0.4, 0.5) is 19.2 Å². The van der Waals surface area contributed by atoms with Crippen LogP contribution in [0.1, 0.15) is 135 Å². The lowest BCUT2D eigenvalue weighted by molar-refractivity contribution is -0.133. The third kappa shape index (κ3) is 34.4. The van der Waals surface area contributed by atoms with E-state index < -0.39 is 131 Å². The van der Waals surface area contributed by atoms with Gasteiger partial charge in [0.15, 0.2) is 0 Å². The van der Waals surface area contributed by atoms with Gasteiger partial charge >= 0.3 is 24.4 Å². The fraction of sp³-hybridized carbons (Fsp3) is 0.745. The first-order valence-electron chi connectivity index (χ1n) is 24.4. The third-order valence-electron chi connectivity index (χ3n) is 8.95. The lowest BCUT2D eigenvalue weighted by atomic mass is 10.1. The minimum atomic E-state index is -1.42. The summed E-state index contributed by atoms with van der Waals surface area (Å²) in [5, 5.41) is 27.0. The Labute approximate surface area is 433 Å². The maximum Gasteiger partial charge on any atom is 0.407 e. The van der Waals surface area contributed by atoms with Crippen LogP contribution < -0.4 is 58.5 Å². The molecule has 0 aliphatic carbocycles. The van der Waals surface area contributed by atoms with Crippen molar-refractivity contribution in [3.63, 3.8) is 0 Å². The minimum Gasteiger partial charge on any atom is -0.444 e. The van der Waals surface area contributed by atoms with Crippen molar-refractivity contribution in [1.82, 2.24) is 58.5 Å². The monoisotopic (exact) mass is 1060 g/mol. The molecule has 5 atom stereocenters. The Bertz CT molecular complexity index is 1920. The van der Waals surface area contributed by atoms with Crippen LogP contribution in [0, 0.1) is 0 Å². The predicted octanol–water partition coefficient (Wildman–Crippen LogP) is 0.321. The smallest absolute Gasteiger partial charge is 0.407 e. The molecule has 0 aliphatic rings. The van der Waals surface area contributed by atoms with Crippen molar-refractivity contribution in [2.75, 3.05) is 39.3 Å². The summed E-state index contributed by atoms with van der Waals surface area (Å²) < 4.78 is 20.8. The molecule has 11 N–H and O–H groups in total. The first-order chi connectivity index (χ1) is 34.0. The molecule has 0 unspecified atom stereocenters. The summed E-state index contributed by atoms with van der Waals surface area (Å²) in [5.41, 5.74) is -3.27. The molecule has 0 saturated heterocycles. The molecule has 11 amide bonds. The van der Waals surface area contributed by atoms with Crippen LogP contribution in [0.5, 0.6) is 0 Å². The van der Waals surface area contributed by atoms with E-state index in [1.165, 1.54) is 6.92 Å². The largest absolute Gasteiger partial charge is 0.444 e. The van der Waals surface area contributed by atoms with E-state index >= 15 is 0 Å². The second-order valence-electron chi connectivity index (χ2n) is 20.9. The summed E-state index contributed by atoms with van der Waals surface area (Å²) in [6.07, 6.45) is -2.69. The molecule has 0 aromatic rings. The van der Waals surface area contributed by atoms with E-state index in [-0.39, 0.29) is 58.3 Å². The molecule has 0 aromatic carbocycles. The standard InChI is InChI=1S/C47H83N11O16/c1-15-16-33(60)56-30(18-22-49-41(68)72-45(6,7)8)37(64)53-26-35(62)57-31(19-23-50-42(69)73-46(9,10)11)38(65)52-25-34(61)54-28(2)36(63)58-32(20-24-51-43(70)74-47(12,13)14)39(66)55-29(27-59)17-21-48-40(67)71-44(3,4)5/h27-32H,15-26H2,1-14H3,(H,48,67)(H,49,68)(H,50,69)(H,51,70)(H,52,65)(H,53,64)(H,54,61)(H,55,66)(H,56,60)(H,57,62)(H,58,63)/t28-,29-,30-,31-,32-/m0/s1. The van der Waals surface area contributed by atoms with Gasteiger partial charge in [0.25, 0.3) is 0 Å². The van der Waals surface area contributed by atoms with Gasteiger partial charge in [-0.05, 0) is 122 Å². The Morgan fingerprint density at radius 1 is 0.405 bits per heavy atom. The van der Waals surface area contributed by atoms with Gasteiger partial charge in [0.1, 0.15) is 52.9 Å². The molecule has 27 heteroatoms. The van der Waals surface area contributed by atoms with Crippen molar-refractivity contribution < 1.29 is 76.5 Å². The molecule has 0 rings (SSSR count). The molecule has 0 aliphatic heterocycles.